The first-order chi connectivity index (χ1) is 11.5. The number of hydrogen-bond donors (Lipinski definition) is 0. The van der Waals surface area contributed by atoms with Crippen LogP contribution in [0.1, 0.15) is 23.3 Å². The second-order valence-electron chi connectivity index (χ2n) is 4.80. The Balaban J connectivity index is 2.12. The summed E-state index contributed by atoms with van der Waals surface area (Å²) in [6.45, 7) is 0. The molecule has 0 spiro atoms. The third-order valence-electron chi connectivity index (χ3n) is 3.11. The van der Waals surface area contributed by atoms with Gasteiger partial charge in [0.15, 0.2) is 0 Å². The molecule has 0 fully saturated rings. The van der Waals surface area contributed by atoms with Gasteiger partial charge < -0.3 is 0 Å². The van der Waals surface area contributed by atoms with Crippen molar-refractivity contribution in [2.45, 2.75) is 12.2 Å². The zero-order valence-corrected chi connectivity index (χ0v) is 14.6. The van der Waals surface area contributed by atoms with E-state index in [1.54, 1.807) is 60.7 Å². The van der Waals surface area contributed by atoms with Crippen molar-refractivity contribution in [2.24, 2.45) is 0 Å². The van der Waals surface area contributed by atoms with Gasteiger partial charge in [-0.05, 0) is 0 Å². The first kappa shape index (κ1) is 17.7. The van der Waals surface area contributed by atoms with Crippen LogP contribution in [0.3, 0.4) is 0 Å². The molecule has 0 saturated heterocycles. The molecule has 0 saturated carbocycles. The maximum atomic E-state index is 12.2. The van der Waals surface area contributed by atoms with Crippen LogP contribution in [0, 0.1) is 0 Å². The van der Waals surface area contributed by atoms with Crippen molar-refractivity contribution in [3.63, 3.8) is 0 Å². The monoisotopic (exact) mass is 394 g/mol. The normalized spacial score (nSPS) is 12.7. The molecule has 2 atom stereocenters. The molecule has 2 aromatic carbocycles. The third kappa shape index (κ3) is 4.66. The Morgan fingerprint density at radius 2 is 1.08 bits per heavy atom. The van der Waals surface area contributed by atoms with Gasteiger partial charge >= 0.3 is 142 Å². The van der Waals surface area contributed by atoms with E-state index in [2.05, 4.69) is 0 Å². The number of hydrogen-bond acceptors (Lipinski definition) is 5. The fourth-order valence-electron chi connectivity index (χ4n) is 2.02. The van der Waals surface area contributed by atoms with Gasteiger partial charge in [-0.25, -0.2) is 0 Å². The van der Waals surface area contributed by atoms with Gasteiger partial charge in [0, 0.05) is 0 Å². The minimum absolute atomic E-state index is 0.371. The molecular weight excluding hydrogens is 377 g/mol. The molecule has 0 aliphatic carbocycles. The molecule has 124 valence electrons. The molecule has 2 rings (SSSR count). The maximum absolute atomic E-state index is 12.2. The molecule has 0 heterocycles. The summed E-state index contributed by atoms with van der Waals surface area (Å²) in [4.78, 5) is 22.9. The molecule has 0 aliphatic heterocycles. The summed E-state index contributed by atoms with van der Waals surface area (Å²) in [6.07, 6.45) is -2.70. The van der Waals surface area contributed by atoms with E-state index < -0.39 is 39.1 Å². The molecule has 0 amide bonds. The van der Waals surface area contributed by atoms with E-state index in [9.17, 15) is 13.4 Å². The number of benzene rings is 2. The molecule has 4 N–H and O–H groups in total. The molecular formula is C16H16GeO7+2. The standard InChI is InChI=1S/C16H14GeO7/c18-15(19)13(11-7-3-1-4-8-11)23-17(22)24-14(16(20)21)12-9-5-2-6-10-12/h1-10,13-14H,(H,18,19)(H,20,21)/p+2. The van der Waals surface area contributed by atoms with Crippen LogP contribution >= 0.6 is 0 Å². The van der Waals surface area contributed by atoms with E-state index in [0.717, 1.165) is 0 Å². The van der Waals surface area contributed by atoms with Crippen LogP contribution < -0.4 is 0 Å². The summed E-state index contributed by atoms with van der Waals surface area (Å²) < 4.78 is 22.4. The Bertz CT molecular complexity index is 656. The van der Waals surface area contributed by atoms with E-state index in [4.69, 9.17) is 17.7 Å². The van der Waals surface area contributed by atoms with Gasteiger partial charge in [-0.15, -0.1) is 0 Å². The van der Waals surface area contributed by atoms with Crippen LogP contribution in [0.4, 0.5) is 0 Å². The van der Waals surface area contributed by atoms with E-state index in [0.29, 0.717) is 11.1 Å². The number of carbonyl (C=O) groups excluding carboxylic acids is 2. The van der Waals surface area contributed by atoms with Crippen LogP contribution in [-0.2, 0) is 20.9 Å². The van der Waals surface area contributed by atoms with Crippen molar-refractivity contribution in [1.29, 1.82) is 0 Å². The molecule has 7 nitrogen and oxygen atoms in total. The SMILES string of the molecule is O=C([OH2+])C([O][Ge](=[O])[O]C(C(=O)[OH2+])c1ccccc1)c1ccccc1. The first-order valence-electron chi connectivity index (χ1n) is 6.97. The summed E-state index contributed by atoms with van der Waals surface area (Å²) in [6, 6.07) is 16.3. The Labute approximate surface area is 142 Å². The Morgan fingerprint density at radius 3 is 1.38 bits per heavy atom. The van der Waals surface area contributed by atoms with Crippen molar-refractivity contribution in [3.05, 3.63) is 71.8 Å². The summed E-state index contributed by atoms with van der Waals surface area (Å²) in [5.41, 5.74) is 0.742. The average Bonchev–Trinajstić information content (AvgIpc) is 2.58. The molecule has 0 radical (unpaired) electrons. The van der Waals surface area contributed by atoms with Crippen molar-refractivity contribution in [1.82, 2.24) is 0 Å². The van der Waals surface area contributed by atoms with Crippen molar-refractivity contribution >= 4 is 26.9 Å². The van der Waals surface area contributed by atoms with Gasteiger partial charge in [-0.1, -0.05) is 0 Å². The fraction of sp³-hybridized carbons (Fsp3) is 0.125. The molecule has 2 unspecified atom stereocenters. The molecule has 0 bridgehead atoms. The Kier molecular flexibility index (Phi) is 6.08. The van der Waals surface area contributed by atoms with Crippen LogP contribution in [0.5, 0.6) is 0 Å². The Morgan fingerprint density at radius 1 is 0.750 bits per heavy atom. The molecule has 0 aliphatic rings. The number of rotatable bonds is 8. The molecule has 0 aromatic heterocycles. The molecule has 8 heteroatoms. The zero-order chi connectivity index (χ0) is 17.5. The van der Waals surface area contributed by atoms with E-state index in [-0.39, 0.29) is 0 Å². The third-order valence-corrected chi connectivity index (χ3v) is 4.91. The van der Waals surface area contributed by atoms with Gasteiger partial charge in [0.1, 0.15) is 0 Å². The number of carbonyl (C=O) groups is 2. The van der Waals surface area contributed by atoms with Gasteiger partial charge in [0.05, 0.1) is 0 Å². The predicted octanol–water partition coefficient (Wildman–Crippen LogP) is 0.420. The van der Waals surface area contributed by atoms with Crippen molar-refractivity contribution in [2.75, 3.05) is 0 Å². The van der Waals surface area contributed by atoms with Crippen molar-refractivity contribution < 1.29 is 31.1 Å². The average molecular weight is 393 g/mol. The quantitative estimate of drug-likeness (QED) is 0.476. The Hall–Kier alpha value is -2.68. The van der Waals surface area contributed by atoms with Crippen LogP contribution in [0.2, 0.25) is 0 Å². The topological polar surface area (TPSA) is 115 Å². The van der Waals surface area contributed by atoms with Crippen LogP contribution in [0.25, 0.3) is 0 Å². The van der Waals surface area contributed by atoms with E-state index in [1.807, 2.05) is 0 Å². The van der Waals surface area contributed by atoms with Crippen molar-refractivity contribution in [3.8, 4) is 0 Å². The summed E-state index contributed by atoms with van der Waals surface area (Å²) in [5, 5.41) is 14.5. The first-order valence-corrected chi connectivity index (χ1v) is 9.54. The van der Waals surface area contributed by atoms with Gasteiger partial charge in [0.25, 0.3) is 0 Å². The van der Waals surface area contributed by atoms with Gasteiger partial charge in [-0.2, -0.15) is 0 Å². The second-order valence-corrected chi connectivity index (χ2v) is 6.83. The van der Waals surface area contributed by atoms with Crippen LogP contribution in [0.15, 0.2) is 60.7 Å². The zero-order valence-electron chi connectivity index (χ0n) is 12.5. The minimum atomic E-state index is -4.00. The van der Waals surface area contributed by atoms with Gasteiger partial charge in [-0.3, -0.25) is 0 Å². The fourth-order valence-corrected chi connectivity index (χ4v) is 3.97. The summed E-state index contributed by atoms with van der Waals surface area (Å²) in [5.74, 6) is -2.14. The second kappa shape index (κ2) is 8.25. The van der Waals surface area contributed by atoms with E-state index >= 15 is 0 Å². The predicted molar refractivity (Wildman–Crippen MR) is 84.2 cm³/mol. The summed E-state index contributed by atoms with van der Waals surface area (Å²) >= 11 is -4.00. The van der Waals surface area contributed by atoms with Gasteiger partial charge in [0.2, 0.25) is 0 Å². The molecule has 2 aromatic rings. The summed E-state index contributed by atoms with van der Waals surface area (Å²) in [7, 11) is 0. The van der Waals surface area contributed by atoms with E-state index in [1.165, 1.54) is 0 Å². The van der Waals surface area contributed by atoms with Crippen LogP contribution in [-0.4, -0.2) is 37.1 Å². The molecule has 24 heavy (non-hydrogen) atoms.